The van der Waals surface area contributed by atoms with Gasteiger partial charge in [0.25, 0.3) is 5.91 Å². The summed E-state index contributed by atoms with van der Waals surface area (Å²) in [5.41, 5.74) is 0.578. The van der Waals surface area contributed by atoms with Crippen LogP contribution in [0.3, 0.4) is 0 Å². The van der Waals surface area contributed by atoms with Crippen LogP contribution in [0.4, 0.5) is 0 Å². The van der Waals surface area contributed by atoms with Gasteiger partial charge in [-0.15, -0.1) is 0 Å². The van der Waals surface area contributed by atoms with Crippen molar-refractivity contribution < 1.29 is 14.6 Å². The highest BCUT2D eigenvalue weighted by atomic mass is 16.5. The summed E-state index contributed by atoms with van der Waals surface area (Å²) in [6.07, 6.45) is 1.45. The molecule has 1 rings (SSSR count). The molecule has 1 unspecified atom stereocenters. The van der Waals surface area contributed by atoms with Crippen molar-refractivity contribution in [3.05, 3.63) is 29.8 Å². The van der Waals surface area contributed by atoms with E-state index in [2.05, 4.69) is 5.32 Å². The van der Waals surface area contributed by atoms with Crippen LogP contribution in [0.25, 0.3) is 0 Å². The van der Waals surface area contributed by atoms with Crippen molar-refractivity contribution >= 4 is 5.91 Å². The molecule has 0 fully saturated rings. The average Bonchev–Trinajstić information content (AvgIpc) is 2.37. The van der Waals surface area contributed by atoms with Gasteiger partial charge in [0.05, 0.1) is 6.10 Å². The Labute approximate surface area is 114 Å². The maximum Gasteiger partial charge on any atom is 0.251 e. The van der Waals surface area contributed by atoms with E-state index >= 15 is 0 Å². The van der Waals surface area contributed by atoms with Crippen LogP contribution in [0.5, 0.6) is 5.75 Å². The van der Waals surface area contributed by atoms with E-state index in [0.717, 1.165) is 6.42 Å². The van der Waals surface area contributed by atoms with Crippen LogP contribution >= 0.6 is 0 Å². The first kappa shape index (κ1) is 15.5. The van der Waals surface area contributed by atoms with E-state index in [1.54, 1.807) is 18.2 Å². The van der Waals surface area contributed by atoms with Crippen molar-refractivity contribution in [1.82, 2.24) is 5.32 Å². The second-order valence-corrected chi connectivity index (χ2v) is 4.79. The van der Waals surface area contributed by atoms with Crippen LogP contribution in [0, 0.1) is 0 Å². The summed E-state index contributed by atoms with van der Waals surface area (Å²) in [7, 11) is 0. The molecule has 0 radical (unpaired) electrons. The SMILES string of the molecule is CCC(CCO)NC(=O)c1cccc(OC(C)C)c1. The lowest BCUT2D eigenvalue weighted by Crippen LogP contribution is -2.35. The number of aliphatic hydroxyl groups excluding tert-OH is 1. The summed E-state index contributed by atoms with van der Waals surface area (Å²) >= 11 is 0. The topological polar surface area (TPSA) is 58.6 Å². The molecule has 4 nitrogen and oxygen atoms in total. The normalized spacial score (nSPS) is 12.3. The summed E-state index contributed by atoms with van der Waals surface area (Å²) in [5, 5.41) is 11.8. The number of amides is 1. The first-order chi connectivity index (χ1) is 9.06. The monoisotopic (exact) mass is 265 g/mol. The third kappa shape index (κ3) is 5.30. The fraction of sp³-hybridized carbons (Fsp3) is 0.533. The zero-order valence-electron chi connectivity index (χ0n) is 11.8. The van der Waals surface area contributed by atoms with Gasteiger partial charge < -0.3 is 15.2 Å². The fourth-order valence-corrected chi connectivity index (χ4v) is 1.79. The fourth-order valence-electron chi connectivity index (χ4n) is 1.79. The van der Waals surface area contributed by atoms with Crippen molar-refractivity contribution in [1.29, 1.82) is 0 Å². The summed E-state index contributed by atoms with van der Waals surface area (Å²) < 4.78 is 5.56. The molecule has 0 aliphatic carbocycles. The van der Waals surface area contributed by atoms with Crippen LogP contribution in [0.1, 0.15) is 44.0 Å². The van der Waals surface area contributed by atoms with Crippen LogP contribution < -0.4 is 10.1 Å². The van der Waals surface area contributed by atoms with E-state index in [1.807, 2.05) is 26.8 Å². The van der Waals surface area contributed by atoms with Crippen LogP contribution in [-0.2, 0) is 0 Å². The molecule has 0 spiro atoms. The Morgan fingerprint density at radius 3 is 2.74 bits per heavy atom. The second kappa shape index (κ2) is 7.79. The van der Waals surface area contributed by atoms with Gasteiger partial charge >= 0.3 is 0 Å². The molecule has 0 bridgehead atoms. The van der Waals surface area contributed by atoms with Crippen molar-refractivity contribution in [2.45, 2.75) is 45.8 Å². The van der Waals surface area contributed by atoms with Gasteiger partial charge in [-0.2, -0.15) is 0 Å². The number of ether oxygens (including phenoxy) is 1. The highest BCUT2D eigenvalue weighted by molar-refractivity contribution is 5.94. The molecule has 0 aromatic heterocycles. The second-order valence-electron chi connectivity index (χ2n) is 4.79. The molecule has 0 saturated carbocycles. The molecule has 1 amide bonds. The summed E-state index contributed by atoms with van der Waals surface area (Å²) in [6, 6.07) is 7.14. The highest BCUT2D eigenvalue weighted by Gasteiger charge is 2.12. The van der Waals surface area contributed by atoms with Crippen molar-refractivity contribution in [2.75, 3.05) is 6.61 Å². The first-order valence-electron chi connectivity index (χ1n) is 6.75. The van der Waals surface area contributed by atoms with Crippen molar-refractivity contribution in [3.8, 4) is 5.75 Å². The summed E-state index contributed by atoms with van der Waals surface area (Å²) in [6.45, 7) is 5.95. The molecule has 1 aromatic carbocycles. The van der Waals surface area contributed by atoms with Gasteiger partial charge in [-0.25, -0.2) is 0 Å². The van der Waals surface area contributed by atoms with E-state index in [4.69, 9.17) is 9.84 Å². The quantitative estimate of drug-likeness (QED) is 0.795. The van der Waals surface area contributed by atoms with Gasteiger partial charge in [-0.3, -0.25) is 4.79 Å². The number of carbonyl (C=O) groups excluding carboxylic acids is 1. The Morgan fingerprint density at radius 2 is 2.16 bits per heavy atom. The Balaban J connectivity index is 2.70. The molecule has 0 aliphatic heterocycles. The maximum absolute atomic E-state index is 12.1. The van der Waals surface area contributed by atoms with Crippen LogP contribution in [0.15, 0.2) is 24.3 Å². The number of nitrogens with one attached hydrogen (secondary N) is 1. The van der Waals surface area contributed by atoms with E-state index < -0.39 is 0 Å². The smallest absolute Gasteiger partial charge is 0.251 e. The Kier molecular flexibility index (Phi) is 6.36. The zero-order chi connectivity index (χ0) is 14.3. The summed E-state index contributed by atoms with van der Waals surface area (Å²) in [4.78, 5) is 12.1. The first-order valence-corrected chi connectivity index (χ1v) is 6.75. The van der Waals surface area contributed by atoms with Gasteiger partial charge in [0, 0.05) is 18.2 Å². The number of carbonyl (C=O) groups is 1. The molecular formula is C15H23NO3. The van der Waals surface area contributed by atoms with Gasteiger partial charge in [-0.05, 0) is 44.9 Å². The molecule has 2 N–H and O–H groups in total. The minimum absolute atomic E-state index is 0.00664. The molecule has 106 valence electrons. The minimum atomic E-state index is -0.130. The van der Waals surface area contributed by atoms with E-state index in [-0.39, 0.29) is 24.7 Å². The molecule has 1 aromatic rings. The largest absolute Gasteiger partial charge is 0.491 e. The molecule has 0 heterocycles. The lowest BCUT2D eigenvalue weighted by Gasteiger charge is -2.16. The standard InChI is InChI=1S/C15H23NO3/c1-4-13(8-9-17)16-15(18)12-6-5-7-14(10-12)19-11(2)3/h5-7,10-11,13,17H,4,8-9H2,1-3H3,(H,16,18). The van der Waals surface area contributed by atoms with Crippen molar-refractivity contribution in [2.24, 2.45) is 0 Å². The van der Waals surface area contributed by atoms with Gasteiger partial charge in [0.2, 0.25) is 0 Å². The van der Waals surface area contributed by atoms with E-state index in [0.29, 0.717) is 17.7 Å². The number of aliphatic hydroxyl groups is 1. The molecule has 19 heavy (non-hydrogen) atoms. The summed E-state index contributed by atoms with van der Waals surface area (Å²) in [5.74, 6) is 0.562. The Bertz CT molecular complexity index is 404. The molecule has 0 saturated heterocycles. The minimum Gasteiger partial charge on any atom is -0.491 e. The lowest BCUT2D eigenvalue weighted by molar-refractivity contribution is 0.0928. The molecule has 4 heteroatoms. The van der Waals surface area contributed by atoms with E-state index in [1.165, 1.54) is 0 Å². The number of benzene rings is 1. The van der Waals surface area contributed by atoms with Crippen LogP contribution in [-0.4, -0.2) is 29.8 Å². The number of hydrogen-bond acceptors (Lipinski definition) is 3. The predicted molar refractivity (Wildman–Crippen MR) is 75.5 cm³/mol. The maximum atomic E-state index is 12.1. The highest BCUT2D eigenvalue weighted by Crippen LogP contribution is 2.15. The Hall–Kier alpha value is -1.55. The van der Waals surface area contributed by atoms with Gasteiger partial charge in [0.15, 0.2) is 0 Å². The third-order valence-corrected chi connectivity index (χ3v) is 2.77. The Morgan fingerprint density at radius 1 is 1.42 bits per heavy atom. The third-order valence-electron chi connectivity index (χ3n) is 2.77. The van der Waals surface area contributed by atoms with Gasteiger partial charge in [0.1, 0.15) is 5.75 Å². The molecular weight excluding hydrogens is 242 g/mol. The number of rotatable bonds is 7. The average molecular weight is 265 g/mol. The lowest BCUT2D eigenvalue weighted by atomic mass is 10.1. The van der Waals surface area contributed by atoms with Crippen molar-refractivity contribution in [3.63, 3.8) is 0 Å². The molecule has 0 aliphatic rings. The van der Waals surface area contributed by atoms with Crippen LogP contribution in [0.2, 0.25) is 0 Å². The number of hydrogen-bond donors (Lipinski definition) is 2. The van der Waals surface area contributed by atoms with E-state index in [9.17, 15) is 4.79 Å². The predicted octanol–water partition coefficient (Wildman–Crippen LogP) is 2.36. The molecule has 1 atom stereocenters. The zero-order valence-corrected chi connectivity index (χ0v) is 11.8. The van der Waals surface area contributed by atoms with Gasteiger partial charge in [-0.1, -0.05) is 13.0 Å².